The third-order valence-corrected chi connectivity index (χ3v) is 7.83. The van der Waals surface area contributed by atoms with Gasteiger partial charge in [-0.1, -0.05) is 25.1 Å². The minimum atomic E-state index is -1.02. The molecule has 5 rings (SSSR count). The fraction of sp³-hybridized carbons (Fsp3) is 0.483. The van der Waals surface area contributed by atoms with Gasteiger partial charge < -0.3 is 25.6 Å². The van der Waals surface area contributed by atoms with Crippen LogP contribution in [-0.4, -0.2) is 58.2 Å². The Balaban J connectivity index is 1.39. The number of amides is 2. The maximum atomic E-state index is 13.3. The van der Waals surface area contributed by atoms with Crippen LogP contribution in [0.3, 0.4) is 0 Å². The number of carbonyl (C=O) groups is 2. The number of guanidine groups is 1. The van der Waals surface area contributed by atoms with Gasteiger partial charge in [-0.25, -0.2) is 4.99 Å². The third kappa shape index (κ3) is 4.82. The summed E-state index contributed by atoms with van der Waals surface area (Å²) >= 11 is 0. The first-order valence-electron chi connectivity index (χ1n) is 13.2. The first-order valence-corrected chi connectivity index (χ1v) is 13.2. The predicted molar refractivity (Wildman–Crippen MR) is 143 cm³/mol. The van der Waals surface area contributed by atoms with Crippen molar-refractivity contribution >= 4 is 17.8 Å². The molecule has 0 aromatic heterocycles. The van der Waals surface area contributed by atoms with Gasteiger partial charge >= 0.3 is 0 Å². The van der Waals surface area contributed by atoms with Crippen LogP contribution in [0.2, 0.25) is 0 Å². The van der Waals surface area contributed by atoms with E-state index >= 15 is 0 Å². The van der Waals surface area contributed by atoms with E-state index in [9.17, 15) is 14.7 Å². The summed E-state index contributed by atoms with van der Waals surface area (Å²) in [7, 11) is 0. The summed E-state index contributed by atoms with van der Waals surface area (Å²) in [6.45, 7) is 8.40. The number of hydrogen-bond donors (Lipinski definition) is 3. The molecule has 3 heterocycles. The summed E-state index contributed by atoms with van der Waals surface area (Å²) in [5, 5.41) is 14.0. The number of fused-ring (bicyclic) bond motifs is 2. The van der Waals surface area contributed by atoms with Crippen LogP contribution in [0.15, 0.2) is 47.5 Å². The maximum absolute atomic E-state index is 13.3. The first-order chi connectivity index (χ1) is 18.0. The van der Waals surface area contributed by atoms with Crippen molar-refractivity contribution in [3.63, 3.8) is 0 Å². The molecule has 4 N–H and O–H groups in total. The van der Waals surface area contributed by atoms with Crippen LogP contribution < -0.4 is 20.5 Å². The molecule has 2 amide bonds. The van der Waals surface area contributed by atoms with Crippen molar-refractivity contribution in [1.82, 2.24) is 10.2 Å². The molecule has 0 saturated carbocycles. The second-order valence-corrected chi connectivity index (χ2v) is 11.3. The number of nitrogens with one attached hydrogen (secondary N) is 1. The van der Waals surface area contributed by atoms with Gasteiger partial charge in [-0.2, -0.15) is 0 Å². The number of benzene rings is 2. The lowest BCUT2D eigenvalue weighted by molar-refractivity contribution is -0.134. The summed E-state index contributed by atoms with van der Waals surface area (Å²) in [6, 6.07) is 12.2. The van der Waals surface area contributed by atoms with E-state index in [0.29, 0.717) is 29.8 Å². The molecular weight excluding hydrogens is 484 g/mol. The monoisotopic (exact) mass is 520 g/mol. The molecule has 0 fully saturated rings. The lowest BCUT2D eigenvalue weighted by atomic mass is 9.84. The molecule has 0 bridgehead atoms. The standard InChI is InChI=1S/C29H36N4O5/c1-5-29(4)14-24(35)33(27(30)32-29)25-20-12-17(10-11-22(20)37-16-21(25)34)26(36)31-15-18-13-28(2,3)38-23-9-7-6-8-19(18)23/h6-12,18,21,25,34H,5,13-16H2,1-4H3,(H2,30,32)(H,31,36)/t18-,21?,25?,29+/m1/s1. The Morgan fingerprint density at radius 1 is 1.18 bits per heavy atom. The number of nitrogens with two attached hydrogens (primary N) is 1. The fourth-order valence-electron chi connectivity index (χ4n) is 5.70. The Labute approximate surface area is 223 Å². The van der Waals surface area contributed by atoms with E-state index in [0.717, 1.165) is 17.7 Å². The highest BCUT2D eigenvalue weighted by atomic mass is 16.5. The number of carbonyl (C=O) groups excluding carboxylic acids is 2. The van der Waals surface area contributed by atoms with Crippen LogP contribution in [0.5, 0.6) is 11.5 Å². The molecule has 0 spiro atoms. The van der Waals surface area contributed by atoms with Crippen molar-refractivity contribution in [3.8, 4) is 11.5 Å². The third-order valence-electron chi connectivity index (χ3n) is 7.83. The highest BCUT2D eigenvalue weighted by molar-refractivity contribution is 6.00. The lowest BCUT2D eigenvalue weighted by Crippen LogP contribution is -2.55. The van der Waals surface area contributed by atoms with E-state index in [1.807, 2.05) is 52.0 Å². The summed E-state index contributed by atoms with van der Waals surface area (Å²) in [6.07, 6.45) is 0.597. The zero-order valence-corrected chi connectivity index (χ0v) is 22.4. The molecule has 38 heavy (non-hydrogen) atoms. The van der Waals surface area contributed by atoms with Gasteiger partial charge in [0.1, 0.15) is 29.8 Å². The van der Waals surface area contributed by atoms with Crippen LogP contribution in [0.4, 0.5) is 0 Å². The molecule has 2 unspecified atom stereocenters. The number of nitrogens with zero attached hydrogens (tertiary/aromatic N) is 2. The van der Waals surface area contributed by atoms with Gasteiger partial charge in [0, 0.05) is 23.6 Å². The highest BCUT2D eigenvalue weighted by Gasteiger charge is 2.44. The van der Waals surface area contributed by atoms with Gasteiger partial charge in [0.2, 0.25) is 5.91 Å². The number of aliphatic imine (C=N–C) groups is 1. The van der Waals surface area contributed by atoms with E-state index in [1.165, 1.54) is 4.90 Å². The first kappa shape index (κ1) is 26.0. The smallest absolute Gasteiger partial charge is 0.251 e. The largest absolute Gasteiger partial charge is 0.490 e. The number of hydrogen-bond acceptors (Lipinski definition) is 7. The lowest BCUT2D eigenvalue weighted by Gasteiger charge is -2.42. The number of ether oxygens (including phenoxy) is 2. The van der Waals surface area contributed by atoms with E-state index in [4.69, 9.17) is 15.2 Å². The average Bonchev–Trinajstić information content (AvgIpc) is 2.87. The maximum Gasteiger partial charge on any atom is 0.251 e. The summed E-state index contributed by atoms with van der Waals surface area (Å²) in [5.41, 5.74) is 7.37. The molecule has 0 radical (unpaired) electrons. The number of para-hydroxylation sites is 1. The van der Waals surface area contributed by atoms with Gasteiger partial charge in [-0.15, -0.1) is 0 Å². The Bertz CT molecular complexity index is 1290. The zero-order chi connectivity index (χ0) is 27.2. The second-order valence-electron chi connectivity index (χ2n) is 11.3. The van der Waals surface area contributed by atoms with Crippen molar-refractivity contribution in [2.45, 2.75) is 76.2 Å². The molecule has 0 aliphatic carbocycles. The van der Waals surface area contributed by atoms with Gasteiger partial charge in [0.25, 0.3) is 5.91 Å². The van der Waals surface area contributed by atoms with Gasteiger partial charge in [0.15, 0.2) is 5.96 Å². The molecule has 202 valence electrons. The molecule has 3 aliphatic rings. The van der Waals surface area contributed by atoms with Gasteiger partial charge in [-0.3, -0.25) is 14.5 Å². The van der Waals surface area contributed by atoms with Crippen molar-refractivity contribution < 1.29 is 24.2 Å². The molecule has 9 nitrogen and oxygen atoms in total. The SMILES string of the molecule is CC[C@@]1(C)CC(=O)N(C2c3cc(C(=O)NC[C@H]4CC(C)(C)Oc5ccccc54)ccc3OCC2O)C(N)=N1. The topological polar surface area (TPSA) is 126 Å². The molecule has 2 aromatic carbocycles. The number of aliphatic hydroxyl groups excluding tert-OH is 1. The van der Waals surface area contributed by atoms with Gasteiger partial charge in [-0.05, 0) is 63.4 Å². The number of rotatable bonds is 5. The summed E-state index contributed by atoms with van der Waals surface area (Å²) in [4.78, 5) is 32.4. The normalized spacial score (nSPS) is 27.8. The minimum Gasteiger partial charge on any atom is -0.490 e. The molecule has 9 heteroatoms. The number of aliphatic hydroxyl groups is 1. The summed E-state index contributed by atoms with van der Waals surface area (Å²) < 4.78 is 11.8. The minimum absolute atomic E-state index is 0.00423. The van der Waals surface area contributed by atoms with E-state index in [1.54, 1.807) is 18.2 Å². The van der Waals surface area contributed by atoms with E-state index in [-0.39, 0.29) is 42.3 Å². The predicted octanol–water partition coefficient (Wildman–Crippen LogP) is 3.27. The van der Waals surface area contributed by atoms with Crippen molar-refractivity contribution in [2.24, 2.45) is 10.7 Å². The fourth-order valence-corrected chi connectivity index (χ4v) is 5.70. The molecule has 4 atom stereocenters. The van der Waals surface area contributed by atoms with Crippen molar-refractivity contribution in [3.05, 3.63) is 59.2 Å². The van der Waals surface area contributed by atoms with Crippen LogP contribution in [-0.2, 0) is 4.79 Å². The second kappa shape index (κ2) is 9.62. The average molecular weight is 521 g/mol. The Morgan fingerprint density at radius 3 is 2.68 bits per heavy atom. The molecule has 0 saturated heterocycles. The summed E-state index contributed by atoms with van der Waals surface area (Å²) in [5.74, 6) is 1.05. The Hall–Kier alpha value is -3.59. The van der Waals surface area contributed by atoms with E-state index in [2.05, 4.69) is 10.3 Å². The molecule has 3 aliphatic heterocycles. The van der Waals surface area contributed by atoms with Crippen molar-refractivity contribution in [2.75, 3.05) is 13.2 Å². The van der Waals surface area contributed by atoms with Crippen LogP contribution in [0, 0.1) is 0 Å². The zero-order valence-electron chi connectivity index (χ0n) is 22.4. The van der Waals surface area contributed by atoms with Crippen LogP contribution in [0.25, 0.3) is 0 Å². The quantitative estimate of drug-likeness (QED) is 0.556. The van der Waals surface area contributed by atoms with Crippen LogP contribution in [0.1, 0.15) is 80.4 Å². The van der Waals surface area contributed by atoms with Crippen molar-refractivity contribution in [1.29, 1.82) is 0 Å². The molecular formula is C29H36N4O5. The Morgan fingerprint density at radius 2 is 1.95 bits per heavy atom. The highest BCUT2D eigenvalue weighted by Crippen LogP contribution is 2.41. The molecule has 2 aromatic rings. The van der Waals surface area contributed by atoms with E-state index < -0.39 is 17.7 Å². The van der Waals surface area contributed by atoms with Crippen LogP contribution >= 0.6 is 0 Å². The Kier molecular flexibility index (Phi) is 6.59. The van der Waals surface area contributed by atoms with Gasteiger partial charge in [0.05, 0.1) is 18.0 Å².